The van der Waals surface area contributed by atoms with E-state index in [1.54, 1.807) is 12.3 Å². The van der Waals surface area contributed by atoms with E-state index in [2.05, 4.69) is 31.5 Å². The number of halogens is 1. The first kappa shape index (κ1) is 37.1. The van der Waals surface area contributed by atoms with Gasteiger partial charge in [0.2, 0.25) is 0 Å². The molecular weight excluding hydrogens is 716 g/mol. The van der Waals surface area contributed by atoms with Crippen molar-refractivity contribution in [3.05, 3.63) is 94.3 Å². The number of nitrogens with zero attached hydrogens (tertiary/aromatic N) is 6. The summed E-state index contributed by atoms with van der Waals surface area (Å²) in [5, 5.41) is 27.7. The Kier molecular flexibility index (Phi) is 10.1. The number of hydrogen-bond acceptors (Lipinski definition) is 9. The minimum absolute atomic E-state index is 0.247. The van der Waals surface area contributed by atoms with Crippen molar-refractivity contribution in [1.82, 2.24) is 29.3 Å². The first-order valence-corrected chi connectivity index (χ1v) is 19.5. The number of carbonyl (C=O) groups is 2. The molecule has 0 bridgehead atoms. The molecule has 1 atom stereocenters. The number of benzene rings is 2. The number of likely N-dealkylation sites (tertiary alicyclic amines) is 1. The zero-order valence-corrected chi connectivity index (χ0v) is 32.2. The summed E-state index contributed by atoms with van der Waals surface area (Å²) in [4.78, 5) is 44.1. The zero-order valence-electron chi connectivity index (χ0n) is 31.5. The molecule has 1 aliphatic carbocycles. The molecule has 13 heteroatoms. The molecule has 5 aromatic rings. The summed E-state index contributed by atoms with van der Waals surface area (Å²) in [5.41, 5.74) is 7.15. The van der Waals surface area contributed by atoms with Crippen LogP contribution in [-0.4, -0.2) is 82.7 Å². The number of fused-ring (bicyclic) bond motifs is 2. The largest absolute Gasteiger partial charge is 0.481 e. The van der Waals surface area contributed by atoms with E-state index in [0.717, 1.165) is 95.5 Å². The number of anilines is 3. The van der Waals surface area contributed by atoms with E-state index in [1.807, 2.05) is 68.1 Å². The van der Waals surface area contributed by atoms with E-state index in [4.69, 9.17) is 21.6 Å². The second-order valence-electron chi connectivity index (χ2n) is 15.7. The van der Waals surface area contributed by atoms with Crippen molar-refractivity contribution in [1.29, 1.82) is 0 Å². The Balaban J connectivity index is 0.975. The van der Waals surface area contributed by atoms with Crippen LogP contribution in [-0.2, 0) is 31.4 Å². The van der Waals surface area contributed by atoms with Crippen LogP contribution in [0.1, 0.15) is 72.2 Å². The summed E-state index contributed by atoms with van der Waals surface area (Å²) in [6, 6.07) is 16.0. The number of rotatable bonds is 9. The second-order valence-corrected chi connectivity index (χ2v) is 16.1. The number of pyridine rings is 2. The lowest BCUT2D eigenvalue weighted by Gasteiger charge is -2.37. The number of amides is 1. The Morgan fingerprint density at radius 2 is 1.78 bits per heavy atom. The van der Waals surface area contributed by atoms with E-state index in [9.17, 15) is 19.8 Å². The van der Waals surface area contributed by atoms with Crippen LogP contribution in [0.2, 0.25) is 5.02 Å². The fourth-order valence-electron chi connectivity index (χ4n) is 8.67. The fraction of sp³-hybridized carbons (Fsp3) is 0.405. The van der Waals surface area contributed by atoms with Gasteiger partial charge >= 0.3 is 5.97 Å². The summed E-state index contributed by atoms with van der Waals surface area (Å²) in [5.74, 6) is -0.298. The van der Waals surface area contributed by atoms with Crippen LogP contribution in [0.3, 0.4) is 0 Å². The number of imidazole rings is 1. The van der Waals surface area contributed by atoms with Gasteiger partial charge in [-0.3, -0.25) is 24.4 Å². The topological polar surface area (TPSA) is 149 Å². The highest BCUT2D eigenvalue weighted by Gasteiger charge is 2.34. The van der Waals surface area contributed by atoms with Crippen molar-refractivity contribution in [2.75, 3.05) is 30.3 Å². The molecule has 4 N–H and O–H groups in total. The average molecular weight is 763 g/mol. The molecule has 8 rings (SSSR count). The fourth-order valence-corrected chi connectivity index (χ4v) is 8.95. The molecule has 3 aromatic heterocycles. The summed E-state index contributed by atoms with van der Waals surface area (Å²) >= 11 is 7.06. The van der Waals surface area contributed by atoms with E-state index < -0.39 is 11.6 Å². The molecule has 0 radical (unpaired) electrons. The van der Waals surface area contributed by atoms with Gasteiger partial charge in [-0.1, -0.05) is 35.9 Å². The zero-order chi connectivity index (χ0) is 38.4. The third-order valence-corrected chi connectivity index (χ3v) is 12.2. The summed E-state index contributed by atoms with van der Waals surface area (Å²) in [6.07, 6.45) is 8.34. The van der Waals surface area contributed by atoms with Crippen molar-refractivity contribution in [3.8, 4) is 11.1 Å². The maximum atomic E-state index is 13.7. The Morgan fingerprint density at radius 1 is 1.02 bits per heavy atom. The SMILES string of the molecule is Cc1c(Nc2nccc3cc(CN4CC[C@](C)(O)C4)cnc23)cccc1-c1cccc(NC(=O)c2nc3c(n2C)CCN(C2CCC(C(=O)O)CC2)C3)c1Cl. The standard InChI is InChI=1S/C42H47ClN8O4/c1-25-30(6-4-8-32(25)46-38-37-28(14-17-44-38)20-26(21-45-37)22-50-19-16-42(2,55)24-50)31-7-5-9-33(36(31)43)48-40(52)39-47-34-23-51(18-15-35(34)49(39)3)29-12-10-27(11-13-29)41(53)54/h4-9,14,17,20-21,27,29,55H,10-13,15-16,18-19,22-24H2,1-3H3,(H,44,46)(H,48,52)(H,53,54)/t27?,29?,42-/m0/s1. The van der Waals surface area contributed by atoms with Crippen LogP contribution >= 0.6 is 11.6 Å². The molecule has 0 unspecified atom stereocenters. The highest BCUT2D eigenvalue weighted by atomic mass is 35.5. The smallest absolute Gasteiger partial charge is 0.306 e. The Bertz CT molecular complexity index is 2280. The Labute approximate surface area is 325 Å². The maximum Gasteiger partial charge on any atom is 0.306 e. The lowest BCUT2D eigenvalue weighted by molar-refractivity contribution is -0.143. The van der Waals surface area contributed by atoms with Crippen LogP contribution in [0, 0.1) is 12.8 Å². The number of carbonyl (C=O) groups excluding carboxylic acids is 1. The van der Waals surface area contributed by atoms with Gasteiger partial charge in [-0.15, -0.1) is 0 Å². The van der Waals surface area contributed by atoms with Crippen LogP contribution in [0.25, 0.3) is 22.0 Å². The van der Waals surface area contributed by atoms with Crippen molar-refractivity contribution in [3.63, 3.8) is 0 Å². The molecule has 1 saturated heterocycles. The van der Waals surface area contributed by atoms with Gasteiger partial charge in [0.05, 0.1) is 27.9 Å². The third kappa shape index (κ3) is 7.56. The minimum atomic E-state index is -0.695. The van der Waals surface area contributed by atoms with E-state index in [-0.39, 0.29) is 11.8 Å². The summed E-state index contributed by atoms with van der Waals surface area (Å²) in [7, 11) is 1.88. The first-order valence-electron chi connectivity index (χ1n) is 19.1. The predicted molar refractivity (Wildman–Crippen MR) is 214 cm³/mol. The van der Waals surface area contributed by atoms with Gasteiger partial charge in [0.15, 0.2) is 11.6 Å². The first-order chi connectivity index (χ1) is 26.4. The van der Waals surface area contributed by atoms with Crippen LogP contribution in [0.4, 0.5) is 17.2 Å². The number of carboxylic acid groups (broad SMARTS) is 1. The lowest BCUT2D eigenvalue weighted by atomic mass is 9.85. The Hall–Kier alpha value is -4.88. The average Bonchev–Trinajstić information content (AvgIpc) is 3.70. The van der Waals surface area contributed by atoms with Gasteiger partial charge in [0, 0.05) is 87.0 Å². The molecule has 1 amide bonds. The number of nitrogens with one attached hydrogen (secondary N) is 2. The summed E-state index contributed by atoms with van der Waals surface area (Å²) < 4.78 is 1.89. The van der Waals surface area contributed by atoms with Crippen LogP contribution < -0.4 is 10.6 Å². The van der Waals surface area contributed by atoms with Crippen molar-refractivity contribution in [2.45, 2.75) is 77.1 Å². The highest BCUT2D eigenvalue weighted by Crippen LogP contribution is 2.39. The number of β-amino-alcohol motifs (C(OH)–C–C–N with tert-alkyl or cyclic N) is 1. The molecule has 3 aliphatic rings. The molecule has 2 aromatic carbocycles. The van der Waals surface area contributed by atoms with Crippen LogP contribution in [0.15, 0.2) is 60.9 Å². The number of aliphatic hydroxyl groups is 1. The van der Waals surface area contributed by atoms with Gasteiger partial charge in [-0.05, 0) is 86.9 Å². The maximum absolute atomic E-state index is 13.7. The number of hydrogen-bond donors (Lipinski definition) is 4. The quantitative estimate of drug-likeness (QED) is 0.124. The minimum Gasteiger partial charge on any atom is -0.481 e. The number of aliphatic carboxylic acids is 1. The predicted octanol–water partition coefficient (Wildman–Crippen LogP) is 6.95. The molecule has 2 fully saturated rings. The summed E-state index contributed by atoms with van der Waals surface area (Å²) in [6.45, 7) is 7.65. The van der Waals surface area contributed by atoms with Crippen molar-refractivity contribution < 1.29 is 19.8 Å². The normalized spacial score (nSPS) is 21.8. The molecular formula is C42H47ClN8O4. The van der Waals surface area contributed by atoms with Gasteiger partial charge < -0.3 is 25.4 Å². The number of aromatic nitrogens is 4. The van der Waals surface area contributed by atoms with Gasteiger partial charge in [-0.2, -0.15) is 0 Å². The molecule has 0 spiro atoms. The van der Waals surface area contributed by atoms with Crippen molar-refractivity contribution >= 4 is 51.6 Å². The molecule has 55 heavy (non-hydrogen) atoms. The van der Waals surface area contributed by atoms with Gasteiger partial charge in [0.1, 0.15) is 5.52 Å². The van der Waals surface area contributed by atoms with E-state index in [0.29, 0.717) is 54.3 Å². The van der Waals surface area contributed by atoms with Crippen LogP contribution in [0.5, 0.6) is 0 Å². The Morgan fingerprint density at radius 3 is 2.53 bits per heavy atom. The van der Waals surface area contributed by atoms with Gasteiger partial charge in [-0.25, -0.2) is 9.97 Å². The molecule has 12 nitrogen and oxygen atoms in total. The van der Waals surface area contributed by atoms with Crippen molar-refractivity contribution in [2.24, 2.45) is 13.0 Å². The molecule has 2 aliphatic heterocycles. The number of carboxylic acids is 1. The van der Waals surface area contributed by atoms with E-state index in [1.165, 1.54) is 0 Å². The molecule has 286 valence electrons. The second kappa shape index (κ2) is 15.0. The van der Waals surface area contributed by atoms with E-state index >= 15 is 0 Å². The molecule has 1 saturated carbocycles. The van der Waals surface area contributed by atoms with Gasteiger partial charge in [0.25, 0.3) is 5.91 Å². The lowest BCUT2D eigenvalue weighted by Crippen LogP contribution is -2.42. The monoisotopic (exact) mass is 762 g/mol. The highest BCUT2D eigenvalue weighted by molar-refractivity contribution is 6.36. The third-order valence-electron chi connectivity index (χ3n) is 11.8. The molecule has 5 heterocycles.